The number of benzene rings is 2. The molecule has 0 atom stereocenters. The lowest BCUT2D eigenvalue weighted by molar-refractivity contribution is -0.385. The largest absolute Gasteiger partial charge is 0.456 e. The molecule has 0 unspecified atom stereocenters. The first-order valence-corrected chi connectivity index (χ1v) is 6.14. The lowest BCUT2D eigenvalue weighted by Crippen LogP contribution is -1.95. The van der Waals surface area contributed by atoms with Crippen LogP contribution in [0.15, 0.2) is 36.4 Å². The van der Waals surface area contributed by atoms with E-state index in [1.54, 1.807) is 18.2 Å². The van der Waals surface area contributed by atoms with Crippen LogP contribution < -0.4 is 4.74 Å². The van der Waals surface area contributed by atoms with Gasteiger partial charge in [-0.05, 0) is 24.3 Å². The van der Waals surface area contributed by atoms with Crippen molar-refractivity contribution in [3.8, 4) is 11.5 Å². The van der Waals surface area contributed by atoms with E-state index in [4.69, 9.17) is 27.9 Å². The van der Waals surface area contributed by atoms with Gasteiger partial charge in [-0.15, -0.1) is 0 Å². The van der Waals surface area contributed by atoms with Crippen molar-refractivity contribution in [3.63, 3.8) is 0 Å². The topological polar surface area (TPSA) is 69.4 Å². The fraction of sp³-hybridized carbons (Fsp3) is 0. The summed E-state index contributed by atoms with van der Waals surface area (Å²) in [6.45, 7) is 0. The Hall–Kier alpha value is -2.11. The zero-order valence-electron chi connectivity index (χ0n) is 9.88. The lowest BCUT2D eigenvalue weighted by Gasteiger charge is -2.08. The molecule has 0 spiro atoms. The lowest BCUT2D eigenvalue weighted by atomic mass is 10.2. The average Bonchev–Trinajstić information content (AvgIpc) is 2.43. The van der Waals surface area contributed by atoms with E-state index in [1.807, 2.05) is 0 Å². The van der Waals surface area contributed by atoms with Crippen LogP contribution >= 0.6 is 23.2 Å². The maximum absolute atomic E-state index is 10.9. The maximum atomic E-state index is 10.9. The smallest absolute Gasteiger partial charge is 0.280 e. The summed E-state index contributed by atoms with van der Waals surface area (Å²) in [5.41, 5.74) is -0.366. The van der Waals surface area contributed by atoms with E-state index in [9.17, 15) is 14.9 Å². The SMILES string of the molecule is O=Cc1cc(Oc2cccc(Cl)c2Cl)ccc1[N+](=O)[O-]. The average molecular weight is 312 g/mol. The highest BCUT2D eigenvalue weighted by atomic mass is 35.5. The predicted octanol–water partition coefficient (Wildman–Crippen LogP) is 4.51. The molecule has 0 saturated heterocycles. The molecule has 2 aromatic carbocycles. The third kappa shape index (κ3) is 2.89. The zero-order valence-corrected chi connectivity index (χ0v) is 11.4. The van der Waals surface area contributed by atoms with Crippen molar-refractivity contribution in [2.24, 2.45) is 0 Å². The number of hydrogen-bond donors (Lipinski definition) is 0. The van der Waals surface area contributed by atoms with Crippen LogP contribution in [0.5, 0.6) is 11.5 Å². The van der Waals surface area contributed by atoms with Gasteiger partial charge in [0.05, 0.1) is 15.5 Å². The van der Waals surface area contributed by atoms with Crippen molar-refractivity contribution in [3.05, 3.63) is 62.1 Å². The molecule has 0 saturated carbocycles. The Morgan fingerprint density at radius 1 is 1.20 bits per heavy atom. The van der Waals surface area contributed by atoms with Gasteiger partial charge >= 0.3 is 0 Å². The van der Waals surface area contributed by atoms with Crippen LogP contribution in [0, 0.1) is 10.1 Å². The van der Waals surface area contributed by atoms with Crippen molar-refractivity contribution in [2.45, 2.75) is 0 Å². The molecule has 5 nitrogen and oxygen atoms in total. The fourth-order valence-electron chi connectivity index (χ4n) is 1.55. The minimum Gasteiger partial charge on any atom is -0.456 e. The van der Waals surface area contributed by atoms with Gasteiger partial charge in [0.25, 0.3) is 5.69 Å². The summed E-state index contributed by atoms with van der Waals surface area (Å²) < 4.78 is 5.47. The number of carbonyl (C=O) groups excluding carboxylic acids is 1. The summed E-state index contributed by atoms with van der Waals surface area (Å²) in [5, 5.41) is 11.3. The quantitative estimate of drug-likeness (QED) is 0.473. The Morgan fingerprint density at radius 2 is 1.95 bits per heavy atom. The molecule has 2 aromatic rings. The van der Waals surface area contributed by atoms with Gasteiger partial charge in [0.2, 0.25) is 0 Å². The number of aldehydes is 1. The van der Waals surface area contributed by atoms with Crippen molar-refractivity contribution in [2.75, 3.05) is 0 Å². The minimum absolute atomic E-state index is 0.0781. The van der Waals surface area contributed by atoms with E-state index < -0.39 is 4.92 Å². The number of hydrogen-bond acceptors (Lipinski definition) is 4. The molecule has 0 aliphatic carbocycles. The van der Waals surface area contributed by atoms with E-state index in [0.29, 0.717) is 17.1 Å². The molecule has 0 aromatic heterocycles. The van der Waals surface area contributed by atoms with Gasteiger partial charge in [-0.25, -0.2) is 0 Å². The van der Waals surface area contributed by atoms with Crippen molar-refractivity contribution in [1.29, 1.82) is 0 Å². The van der Waals surface area contributed by atoms with Gasteiger partial charge in [-0.2, -0.15) is 0 Å². The van der Waals surface area contributed by atoms with Crippen LogP contribution in [0.4, 0.5) is 5.69 Å². The van der Waals surface area contributed by atoms with Crippen molar-refractivity contribution >= 4 is 35.2 Å². The molecule has 0 amide bonds. The number of rotatable bonds is 4. The van der Waals surface area contributed by atoms with E-state index in [-0.39, 0.29) is 22.0 Å². The number of nitrogens with zero attached hydrogens (tertiary/aromatic N) is 1. The van der Waals surface area contributed by atoms with E-state index in [1.165, 1.54) is 18.2 Å². The summed E-state index contributed by atoms with van der Waals surface area (Å²) in [6, 6.07) is 8.68. The highest BCUT2D eigenvalue weighted by Crippen LogP contribution is 2.35. The molecular formula is C13H7Cl2NO4. The molecule has 102 valence electrons. The minimum atomic E-state index is -0.639. The molecule has 0 bridgehead atoms. The summed E-state index contributed by atoms with van der Waals surface area (Å²) in [4.78, 5) is 20.9. The van der Waals surface area contributed by atoms with E-state index >= 15 is 0 Å². The Bertz CT molecular complexity index is 688. The van der Waals surface area contributed by atoms with Crippen LogP contribution in [-0.2, 0) is 0 Å². The Morgan fingerprint density at radius 3 is 2.60 bits per heavy atom. The number of nitro groups is 1. The van der Waals surface area contributed by atoms with E-state index in [2.05, 4.69) is 0 Å². The van der Waals surface area contributed by atoms with Crippen LogP contribution in [0.3, 0.4) is 0 Å². The first kappa shape index (κ1) is 14.3. The van der Waals surface area contributed by atoms with Crippen molar-refractivity contribution < 1.29 is 14.5 Å². The number of halogens is 2. The third-order valence-electron chi connectivity index (χ3n) is 2.47. The van der Waals surface area contributed by atoms with Crippen molar-refractivity contribution in [1.82, 2.24) is 0 Å². The molecule has 0 fully saturated rings. The molecule has 7 heteroatoms. The third-order valence-corrected chi connectivity index (χ3v) is 3.27. The van der Waals surface area contributed by atoms with Gasteiger partial charge < -0.3 is 4.74 Å². The molecule has 0 aliphatic rings. The number of carbonyl (C=O) groups is 1. The molecule has 20 heavy (non-hydrogen) atoms. The number of nitro benzene ring substituents is 1. The zero-order chi connectivity index (χ0) is 14.7. The maximum Gasteiger partial charge on any atom is 0.280 e. The predicted molar refractivity (Wildman–Crippen MR) is 75.0 cm³/mol. The molecule has 2 rings (SSSR count). The second kappa shape index (κ2) is 5.90. The number of ether oxygens (including phenoxy) is 1. The van der Waals surface area contributed by atoms with Crippen LogP contribution in [-0.4, -0.2) is 11.2 Å². The van der Waals surface area contributed by atoms with Gasteiger partial charge in [0.15, 0.2) is 6.29 Å². The fourth-order valence-corrected chi connectivity index (χ4v) is 1.88. The molecule has 0 radical (unpaired) electrons. The van der Waals surface area contributed by atoms with Gasteiger partial charge in [0, 0.05) is 6.07 Å². The summed E-state index contributed by atoms with van der Waals surface area (Å²) >= 11 is 11.8. The second-order valence-corrected chi connectivity index (χ2v) is 4.53. The normalized spacial score (nSPS) is 10.1. The second-order valence-electron chi connectivity index (χ2n) is 3.75. The monoisotopic (exact) mass is 311 g/mol. The van der Waals surface area contributed by atoms with Crippen LogP contribution in [0.25, 0.3) is 0 Å². The first-order chi connectivity index (χ1) is 9.52. The molecule has 0 aliphatic heterocycles. The van der Waals surface area contributed by atoms with Crippen LogP contribution in [0.2, 0.25) is 10.0 Å². The standard InChI is InChI=1S/C13H7Cl2NO4/c14-10-2-1-3-12(13(10)15)20-9-4-5-11(16(18)19)8(6-9)7-17/h1-7H. The molecular weight excluding hydrogens is 305 g/mol. The first-order valence-electron chi connectivity index (χ1n) is 5.38. The summed E-state index contributed by atoms with van der Waals surface area (Å²) in [6.07, 6.45) is 0.393. The highest BCUT2D eigenvalue weighted by molar-refractivity contribution is 6.42. The Balaban J connectivity index is 2.37. The summed E-state index contributed by atoms with van der Waals surface area (Å²) in [7, 11) is 0. The highest BCUT2D eigenvalue weighted by Gasteiger charge is 2.15. The molecule has 0 heterocycles. The molecule has 0 N–H and O–H groups in total. The van der Waals surface area contributed by atoms with Gasteiger partial charge in [-0.1, -0.05) is 29.3 Å². The van der Waals surface area contributed by atoms with Gasteiger partial charge in [-0.3, -0.25) is 14.9 Å². The Labute approximate surface area is 123 Å². The summed E-state index contributed by atoms with van der Waals surface area (Å²) in [5.74, 6) is 0.548. The van der Waals surface area contributed by atoms with Crippen LogP contribution in [0.1, 0.15) is 10.4 Å². The van der Waals surface area contributed by atoms with E-state index in [0.717, 1.165) is 0 Å². The van der Waals surface area contributed by atoms with Gasteiger partial charge in [0.1, 0.15) is 16.5 Å². The Kier molecular flexibility index (Phi) is 4.22.